The van der Waals surface area contributed by atoms with E-state index in [9.17, 15) is 14.4 Å². The number of nitrogens with one attached hydrogen (secondary N) is 1. The summed E-state index contributed by atoms with van der Waals surface area (Å²) in [5.41, 5.74) is 1.74. The van der Waals surface area contributed by atoms with E-state index in [0.717, 1.165) is 19.6 Å². The summed E-state index contributed by atoms with van der Waals surface area (Å²) in [6, 6.07) is 13.3. The van der Waals surface area contributed by atoms with Crippen molar-refractivity contribution in [2.75, 3.05) is 70.0 Å². The number of amides is 2. The number of nitrogens with zero attached hydrogens (tertiary/aromatic N) is 3. The Balaban J connectivity index is 1.46. The lowest BCUT2D eigenvalue weighted by atomic mass is 10.1. The van der Waals surface area contributed by atoms with Crippen LogP contribution in [0.5, 0.6) is 5.75 Å². The van der Waals surface area contributed by atoms with Gasteiger partial charge in [-0.15, -0.1) is 0 Å². The highest BCUT2D eigenvalue weighted by atomic mass is 16.5. The zero-order valence-corrected chi connectivity index (χ0v) is 21.4. The van der Waals surface area contributed by atoms with Gasteiger partial charge < -0.3 is 19.5 Å². The van der Waals surface area contributed by atoms with Crippen molar-refractivity contribution in [2.24, 2.45) is 0 Å². The van der Waals surface area contributed by atoms with E-state index in [2.05, 4.69) is 10.2 Å². The number of rotatable bonds is 10. The Bertz CT molecular complexity index is 1070. The van der Waals surface area contributed by atoms with Crippen LogP contribution in [-0.2, 0) is 19.1 Å². The van der Waals surface area contributed by atoms with Crippen LogP contribution >= 0.6 is 0 Å². The van der Waals surface area contributed by atoms with E-state index < -0.39 is 12.0 Å². The van der Waals surface area contributed by atoms with Crippen molar-refractivity contribution in [3.05, 3.63) is 54.1 Å². The molecule has 1 N–H and O–H groups in total. The number of anilines is 2. The fraction of sp³-hybridized carbons (Fsp3) is 0.444. The highest BCUT2D eigenvalue weighted by molar-refractivity contribution is 6.03. The molecule has 37 heavy (non-hydrogen) atoms. The Labute approximate surface area is 217 Å². The zero-order chi connectivity index (χ0) is 26.2. The molecule has 1 atom stereocenters. The normalized spacial score (nSPS) is 18.6. The van der Waals surface area contributed by atoms with Crippen LogP contribution in [0.3, 0.4) is 0 Å². The van der Waals surface area contributed by atoms with Crippen molar-refractivity contribution in [3.8, 4) is 5.75 Å². The topological polar surface area (TPSA) is 101 Å². The largest absolute Gasteiger partial charge is 0.497 e. The molecular weight excluding hydrogens is 476 g/mol. The van der Waals surface area contributed by atoms with E-state index in [-0.39, 0.29) is 18.2 Å². The molecule has 2 amide bonds. The van der Waals surface area contributed by atoms with E-state index in [1.54, 1.807) is 67.5 Å². The van der Waals surface area contributed by atoms with Gasteiger partial charge in [-0.3, -0.25) is 24.3 Å². The van der Waals surface area contributed by atoms with Gasteiger partial charge in [-0.1, -0.05) is 0 Å². The molecule has 0 saturated carbocycles. The van der Waals surface area contributed by atoms with Crippen molar-refractivity contribution in [2.45, 2.75) is 19.4 Å². The molecule has 2 aliphatic rings. The monoisotopic (exact) mass is 510 g/mol. The smallest absolute Gasteiger partial charge is 0.338 e. The minimum absolute atomic E-state index is 0.0331. The summed E-state index contributed by atoms with van der Waals surface area (Å²) < 4.78 is 15.7. The second kappa shape index (κ2) is 12.7. The lowest BCUT2D eigenvalue weighted by Gasteiger charge is -2.29. The Hall–Kier alpha value is -3.47. The predicted molar refractivity (Wildman–Crippen MR) is 139 cm³/mol. The Morgan fingerprint density at radius 2 is 1.73 bits per heavy atom. The standard InChI is InChI=1S/C27H34N4O6/c1-3-37-27(34)20-4-8-22(9-5-20)31-19-30(13-12-29-14-16-36-17-15-29)24(26(31)33)18-25(32)28-21-6-10-23(35-2)11-7-21/h4-11,24H,3,12-19H2,1-2H3,(H,28,32). The number of hydrogen-bond acceptors (Lipinski definition) is 8. The lowest BCUT2D eigenvalue weighted by molar-refractivity contribution is -0.124. The van der Waals surface area contributed by atoms with Gasteiger partial charge in [0.25, 0.3) is 0 Å². The predicted octanol–water partition coefficient (Wildman–Crippen LogP) is 2.21. The van der Waals surface area contributed by atoms with E-state index in [4.69, 9.17) is 14.2 Å². The second-order valence-corrected chi connectivity index (χ2v) is 8.94. The maximum atomic E-state index is 13.5. The van der Waals surface area contributed by atoms with Crippen LogP contribution in [0.1, 0.15) is 23.7 Å². The molecule has 2 saturated heterocycles. The first-order valence-corrected chi connectivity index (χ1v) is 12.5. The van der Waals surface area contributed by atoms with E-state index in [0.29, 0.717) is 55.7 Å². The summed E-state index contributed by atoms with van der Waals surface area (Å²) in [6.07, 6.45) is 0.0331. The first-order valence-electron chi connectivity index (χ1n) is 12.5. The minimum Gasteiger partial charge on any atom is -0.497 e. The van der Waals surface area contributed by atoms with Gasteiger partial charge in [-0.2, -0.15) is 0 Å². The maximum absolute atomic E-state index is 13.5. The molecule has 0 spiro atoms. The number of morpholine rings is 1. The molecule has 4 rings (SSSR count). The summed E-state index contributed by atoms with van der Waals surface area (Å²) >= 11 is 0. The number of methoxy groups -OCH3 is 1. The fourth-order valence-electron chi connectivity index (χ4n) is 4.49. The molecule has 10 heteroatoms. The summed E-state index contributed by atoms with van der Waals surface area (Å²) in [6.45, 7) is 6.94. The van der Waals surface area contributed by atoms with Crippen molar-refractivity contribution >= 4 is 29.2 Å². The number of ether oxygens (including phenoxy) is 3. The first kappa shape index (κ1) is 26.6. The van der Waals surface area contributed by atoms with Crippen LogP contribution in [0, 0.1) is 0 Å². The molecule has 2 fully saturated rings. The Morgan fingerprint density at radius 1 is 1.03 bits per heavy atom. The molecule has 2 aromatic rings. The van der Waals surface area contributed by atoms with Crippen molar-refractivity contribution in [1.29, 1.82) is 0 Å². The average Bonchev–Trinajstić information content (AvgIpc) is 3.23. The molecule has 2 aromatic carbocycles. The summed E-state index contributed by atoms with van der Waals surface area (Å²) in [5.74, 6) is -0.0833. The van der Waals surface area contributed by atoms with E-state index >= 15 is 0 Å². The summed E-state index contributed by atoms with van der Waals surface area (Å²) in [4.78, 5) is 44.5. The third kappa shape index (κ3) is 6.85. The number of benzene rings is 2. The molecule has 0 bridgehead atoms. The Kier molecular flexibility index (Phi) is 9.10. The van der Waals surface area contributed by atoms with Gasteiger partial charge in [-0.05, 0) is 55.5 Å². The molecule has 1 unspecified atom stereocenters. The SMILES string of the molecule is CCOC(=O)c1ccc(N2CN(CCN3CCOCC3)C(CC(=O)Nc3ccc(OC)cc3)C2=O)cc1. The van der Waals surface area contributed by atoms with Crippen LogP contribution < -0.4 is 15.0 Å². The van der Waals surface area contributed by atoms with Gasteiger partial charge in [0.05, 0.1) is 45.6 Å². The number of carbonyl (C=O) groups is 3. The molecular formula is C27H34N4O6. The number of carbonyl (C=O) groups excluding carboxylic acids is 3. The highest BCUT2D eigenvalue weighted by Crippen LogP contribution is 2.26. The van der Waals surface area contributed by atoms with Crippen molar-refractivity contribution < 1.29 is 28.6 Å². The summed E-state index contributed by atoms with van der Waals surface area (Å²) in [7, 11) is 1.58. The first-order chi connectivity index (χ1) is 18.0. The third-order valence-electron chi connectivity index (χ3n) is 6.56. The lowest BCUT2D eigenvalue weighted by Crippen LogP contribution is -2.44. The van der Waals surface area contributed by atoms with Crippen LogP contribution in [0.2, 0.25) is 0 Å². The summed E-state index contributed by atoms with van der Waals surface area (Å²) in [5, 5.41) is 2.88. The van der Waals surface area contributed by atoms with Gasteiger partial charge in [0, 0.05) is 37.6 Å². The molecule has 0 aliphatic carbocycles. The highest BCUT2D eigenvalue weighted by Gasteiger charge is 2.40. The van der Waals surface area contributed by atoms with Crippen molar-refractivity contribution in [1.82, 2.24) is 9.80 Å². The molecule has 10 nitrogen and oxygen atoms in total. The minimum atomic E-state index is -0.593. The fourth-order valence-corrected chi connectivity index (χ4v) is 4.49. The van der Waals surface area contributed by atoms with Gasteiger partial charge in [0.15, 0.2) is 0 Å². The average molecular weight is 511 g/mol. The van der Waals surface area contributed by atoms with Crippen LogP contribution in [0.15, 0.2) is 48.5 Å². The number of esters is 1. The van der Waals surface area contributed by atoms with E-state index in [1.165, 1.54) is 0 Å². The molecule has 2 heterocycles. The van der Waals surface area contributed by atoms with Crippen molar-refractivity contribution in [3.63, 3.8) is 0 Å². The second-order valence-electron chi connectivity index (χ2n) is 8.94. The van der Waals surface area contributed by atoms with Gasteiger partial charge in [0.2, 0.25) is 11.8 Å². The van der Waals surface area contributed by atoms with E-state index in [1.807, 2.05) is 4.90 Å². The van der Waals surface area contributed by atoms with Crippen LogP contribution in [-0.4, -0.2) is 93.4 Å². The van der Waals surface area contributed by atoms with Gasteiger partial charge >= 0.3 is 5.97 Å². The molecule has 0 aromatic heterocycles. The molecule has 0 radical (unpaired) electrons. The van der Waals surface area contributed by atoms with Gasteiger partial charge in [-0.25, -0.2) is 4.79 Å². The zero-order valence-electron chi connectivity index (χ0n) is 21.4. The Morgan fingerprint density at radius 3 is 2.38 bits per heavy atom. The maximum Gasteiger partial charge on any atom is 0.338 e. The van der Waals surface area contributed by atoms with Crippen LogP contribution in [0.4, 0.5) is 11.4 Å². The van der Waals surface area contributed by atoms with Crippen LogP contribution in [0.25, 0.3) is 0 Å². The number of hydrogen-bond donors (Lipinski definition) is 1. The third-order valence-corrected chi connectivity index (χ3v) is 6.56. The quantitative estimate of drug-likeness (QED) is 0.486. The van der Waals surface area contributed by atoms with Gasteiger partial charge in [0.1, 0.15) is 11.8 Å². The molecule has 2 aliphatic heterocycles. The molecule has 198 valence electrons.